The summed E-state index contributed by atoms with van der Waals surface area (Å²) in [5.74, 6) is -0.216. The molecule has 0 radical (unpaired) electrons. The van der Waals surface area contributed by atoms with Crippen LogP contribution in [0.2, 0.25) is 0 Å². The SMILES string of the molecule is C=CC(=O)N1C[C@H](c2ccccc2)C[C@H]1C(=O)NCc1ccc(C)cn1. The minimum absolute atomic E-state index is 0.147. The molecule has 1 aliphatic rings. The zero-order valence-electron chi connectivity index (χ0n) is 14.9. The van der Waals surface area contributed by atoms with Crippen LogP contribution in [-0.2, 0) is 16.1 Å². The number of nitrogens with one attached hydrogen (secondary N) is 1. The number of rotatable bonds is 5. The predicted octanol–water partition coefficient (Wildman–Crippen LogP) is 2.58. The van der Waals surface area contributed by atoms with E-state index in [1.54, 1.807) is 11.1 Å². The van der Waals surface area contributed by atoms with Crippen molar-refractivity contribution in [2.24, 2.45) is 0 Å². The first kappa shape index (κ1) is 17.9. The number of carbonyl (C=O) groups is 2. The first-order valence-electron chi connectivity index (χ1n) is 8.75. The molecule has 2 amide bonds. The van der Waals surface area contributed by atoms with Crippen LogP contribution in [0.5, 0.6) is 0 Å². The molecular formula is C21H23N3O2. The van der Waals surface area contributed by atoms with Crippen LogP contribution < -0.4 is 5.32 Å². The van der Waals surface area contributed by atoms with Crippen molar-refractivity contribution in [1.82, 2.24) is 15.2 Å². The van der Waals surface area contributed by atoms with E-state index in [1.165, 1.54) is 6.08 Å². The van der Waals surface area contributed by atoms with E-state index in [9.17, 15) is 9.59 Å². The summed E-state index contributed by atoms with van der Waals surface area (Å²) in [4.78, 5) is 30.9. The molecule has 0 aliphatic carbocycles. The highest BCUT2D eigenvalue weighted by atomic mass is 16.2. The molecule has 2 aromatic rings. The maximum atomic E-state index is 12.7. The molecule has 0 bridgehead atoms. The number of aryl methyl sites for hydroxylation is 1. The second kappa shape index (κ2) is 7.95. The number of likely N-dealkylation sites (tertiary alicyclic amines) is 1. The normalized spacial score (nSPS) is 19.2. The Kier molecular flexibility index (Phi) is 5.46. The Bertz CT molecular complexity index is 787. The minimum atomic E-state index is -0.490. The van der Waals surface area contributed by atoms with Gasteiger partial charge in [-0.2, -0.15) is 0 Å². The van der Waals surface area contributed by atoms with Crippen LogP contribution in [0.4, 0.5) is 0 Å². The molecule has 1 N–H and O–H groups in total. The van der Waals surface area contributed by atoms with Crippen molar-refractivity contribution in [2.45, 2.75) is 31.8 Å². The van der Waals surface area contributed by atoms with Crippen LogP contribution in [0.3, 0.4) is 0 Å². The number of hydrogen-bond acceptors (Lipinski definition) is 3. The first-order chi connectivity index (χ1) is 12.6. The summed E-state index contributed by atoms with van der Waals surface area (Å²) in [5, 5.41) is 2.91. The Labute approximate surface area is 153 Å². The third-order valence-corrected chi connectivity index (χ3v) is 4.75. The van der Waals surface area contributed by atoms with Crippen molar-refractivity contribution in [3.8, 4) is 0 Å². The Morgan fingerprint density at radius 2 is 2.04 bits per heavy atom. The Hall–Kier alpha value is -2.95. The number of hydrogen-bond donors (Lipinski definition) is 1. The smallest absolute Gasteiger partial charge is 0.246 e. The topological polar surface area (TPSA) is 62.3 Å². The van der Waals surface area contributed by atoms with E-state index in [4.69, 9.17) is 0 Å². The van der Waals surface area contributed by atoms with Gasteiger partial charge in [0.05, 0.1) is 12.2 Å². The van der Waals surface area contributed by atoms with Crippen LogP contribution in [0.15, 0.2) is 61.3 Å². The minimum Gasteiger partial charge on any atom is -0.349 e. The van der Waals surface area contributed by atoms with Gasteiger partial charge >= 0.3 is 0 Å². The fraction of sp³-hybridized carbons (Fsp3) is 0.286. The van der Waals surface area contributed by atoms with Crippen molar-refractivity contribution in [3.63, 3.8) is 0 Å². The largest absolute Gasteiger partial charge is 0.349 e. The van der Waals surface area contributed by atoms with Crippen LogP contribution in [0, 0.1) is 6.92 Å². The quantitative estimate of drug-likeness (QED) is 0.844. The molecule has 5 nitrogen and oxygen atoms in total. The summed E-state index contributed by atoms with van der Waals surface area (Å²) in [6.07, 6.45) is 3.65. The highest BCUT2D eigenvalue weighted by Gasteiger charge is 2.39. The van der Waals surface area contributed by atoms with E-state index >= 15 is 0 Å². The average Bonchev–Trinajstić information content (AvgIpc) is 3.13. The monoisotopic (exact) mass is 349 g/mol. The van der Waals surface area contributed by atoms with Crippen molar-refractivity contribution in [2.75, 3.05) is 6.54 Å². The lowest BCUT2D eigenvalue weighted by Crippen LogP contribution is -2.45. The van der Waals surface area contributed by atoms with Crippen LogP contribution in [0.25, 0.3) is 0 Å². The van der Waals surface area contributed by atoms with Gasteiger partial charge < -0.3 is 10.2 Å². The molecule has 1 aromatic heterocycles. The van der Waals surface area contributed by atoms with Gasteiger partial charge in [-0.3, -0.25) is 14.6 Å². The van der Waals surface area contributed by atoms with Crippen molar-refractivity contribution in [3.05, 3.63) is 78.1 Å². The standard InChI is InChI=1S/C21H23N3O2/c1-3-20(25)24-14-17(16-7-5-4-6-8-16)11-19(24)21(26)23-13-18-10-9-15(2)12-22-18/h3-10,12,17,19H,1,11,13-14H2,2H3,(H,23,26)/t17-,19+/m1/s1. The summed E-state index contributed by atoms with van der Waals surface area (Å²) in [6.45, 7) is 6.41. The summed E-state index contributed by atoms with van der Waals surface area (Å²) in [6, 6.07) is 13.4. The van der Waals surface area contributed by atoms with Crippen LogP contribution in [0.1, 0.15) is 29.2 Å². The molecule has 3 rings (SSSR count). The van der Waals surface area contributed by atoms with Crippen LogP contribution >= 0.6 is 0 Å². The van der Waals surface area contributed by atoms with Gasteiger partial charge in [-0.25, -0.2) is 0 Å². The highest BCUT2D eigenvalue weighted by Crippen LogP contribution is 2.32. The number of aromatic nitrogens is 1. The van der Waals surface area contributed by atoms with E-state index in [-0.39, 0.29) is 17.7 Å². The molecule has 2 heterocycles. The third kappa shape index (κ3) is 3.99. The number of benzene rings is 1. The summed E-state index contributed by atoms with van der Waals surface area (Å²) in [5.41, 5.74) is 3.01. The molecule has 134 valence electrons. The highest BCUT2D eigenvalue weighted by molar-refractivity contribution is 5.93. The summed E-state index contributed by atoms with van der Waals surface area (Å²) < 4.78 is 0. The van der Waals surface area contributed by atoms with Crippen molar-refractivity contribution in [1.29, 1.82) is 0 Å². The third-order valence-electron chi connectivity index (χ3n) is 4.75. The molecule has 1 fully saturated rings. The van der Waals surface area contributed by atoms with Gasteiger partial charge in [-0.1, -0.05) is 43.0 Å². The second-order valence-corrected chi connectivity index (χ2v) is 6.60. The molecule has 1 saturated heterocycles. The van der Waals surface area contributed by atoms with Gasteiger partial charge in [0.25, 0.3) is 0 Å². The lowest BCUT2D eigenvalue weighted by molar-refractivity contribution is -0.135. The van der Waals surface area contributed by atoms with E-state index in [2.05, 4.69) is 16.9 Å². The number of pyridine rings is 1. The zero-order chi connectivity index (χ0) is 18.5. The second-order valence-electron chi connectivity index (χ2n) is 6.60. The lowest BCUT2D eigenvalue weighted by atomic mass is 9.96. The maximum Gasteiger partial charge on any atom is 0.246 e. The molecule has 2 atom stereocenters. The van der Waals surface area contributed by atoms with E-state index < -0.39 is 6.04 Å². The molecule has 26 heavy (non-hydrogen) atoms. The zero-order valence-corrected chi connectivity index (χ0v) is 14.9. The molecule has 1 aromatic carbocycles. The van der Waals surface area contributed by atoms with Crippen molar-refractivity contribution >= 4 is 11.8 Å². The molecule has 5 heteroatoms. The summed E-state index contributed by atoms with van der Waals surface area (Å²) in [7, 11) is 0. The first-order valence-corrected chi connectivity index (χ1v) is 8.75. The Balaban J connectivity index is 1.70. The number of nitrogens with zero attached hydrogens (tertiary/aromatic N) is 2. The van der Waals surface area contributed by atoms with Gasteiger partial charge in [0.1, 0.15) is 6.04 Å². The Morgan fingerprint density at radius 3 is 2.69 bits per heavy atom. The van der Waals surface area contributed by atoms with E-state index in [0.717, 1.165) is 16.8 Å². The van der Waals surface area contributed by atoms with Gasteiger partial charge in [-0.15, -0.1) is 0 Å². The van der Waals surface area contributed by atoms with E-state index in [1.807, 2.05) is 49.4 Å². The van der Waals surface area contributed by atoms with Gasteiger partial charge in [0.15, 0.2) is 0 Å². The molecule has 0 saturated carbocycles. The lowest BCUT2D eigenvalue weighted by Gasteiger charge is -2.22. The molecule has 0 unspecified atom stereocenters. The predicted molar refractivity (Wildman–Crippen MR) is 100 cm³/mol. The van der Waals surface area contributed by atoms with Gasteiger partial charge in [0, 0.05) is 18.7 Å². The fourth-order valence-corrected chi connectivity index (χ4v) is 3.31. The number of carbonyl (C=O) groups excluding carboxylic acids is 2. The maximum absolute atomic E-state index is 12.7. The fourth-order valence-electron chi connectivity index (χ4n) is 3.31. The Morgan fingerprint density at radius 1 is 1.27 bits per heavy atom. The van der Waals surface area contributed by atoms with Crippen LogP contribution in [-0.4, -0.2) is 34.3 Å². The molecule has 0 spiro atoms. The molecular weight excluding hydrogens is 326 g/mol. The van der Waals surface area contributed by atoms with Gasteiger partial charge in [0.2, 0.25) is 11.8 Å². The average molecular weight is 349 g/mol. The number of amides is 2. The summed E-state index contributed by atoms with van der Waals surface area (Å²) >= 11 is 0. The van der Waals surface area contributed by atoms with E-state index in [0.29, 0.717) is 19.5 Å². The van der Waals surface area contributed by atoms with Crippen molar-refractivity contribution < 1.29 is 9.59 Å². The van der Waals surface area contributed by atoms with Gasteiger partial charge in [-0.05, 0) is 36.6 Å². The molecule has 1 aliphatic heterocycles.